The number of methoxy groups -OCH3 is 1. The average molecular weight is 433 g/mol. The molecule has 0 aliphatic heterocycles. The van der Waals surface area contributed by atoms with Gasteiger partial charge >= 0.3 is 0 Å². The second kappa shape index (κ2) is 7.51. The number of hydrogen-bond donors (Lipinski definition) is 1. The molecule has 156 valence electrons. The first kappa shape index (κ1) is 19.3. The van der Waals surface area contributed by atoms with Gasteiger partial charge in [0.25, 0.3) is 0 Å². The average Bonchev–Trinajstić information content (AvgIpc) is 3.44. The van der Waals surface area contributed by atoms with Gasteiger partial charge in [-0.2, -0.15) is 4.98 Å². The van der Waals surface area contributed by atoms with E-state index in [0.717, 1.165) is 33.5 Å². The molecule has 5 aromatic rings. The Balaban J connectivity index is 1.36. The molecule has 0 aliphatic rings. The van der Waals surface area contributed by atoms with Crippen LogP contribution in [0.15, 0.2) is 46.3 Å². The summed E-state index contributed by atoms with van der Waals surface area (Å²) in [7, 11) is 1.63. The van der Waals surface area contributed by atoms with E-state index < -0.39 is 0 Å². The number of carbonyl (C=O) groups is 1. The summed E-state index contributed by atoms with van der Waals surface area (Å²) in [6.07, 6.45) is 0.0771. The number of nitrogens with one attached hydrogen (secondary N) is 1. The number of nitrogens with zero attached hydrogens (tertiary/aromatic N) is 4. The van der Waals surface area contributed by atoms with Crippen LogP contribution in [-0.4, -0.2) is 32.8 Å². The van der Waals surface area contributed by atoms with Gasteiger partial charge in [0, 0.05) is 16.3 Å². The zero-order valence-corrected chi connectivity index (χ0v) is 18.0. The highest BCUT2D eigenvalue weighted by Gasteiger charge is 2.17. The molecule has 0 bridgehead atoms. The van der Waals surface area contributed by atoms with Crippen LogP contribution < -0.4 is 10.1 Å². The van der Waals surface area contributed by atoms with Gasteiger partial charge in [0.1, 0.15) is 11.4 Å². The Bertz CT molecular complexity index is 1410. The lowest BCUT2D eigenvalue weighted by Crippen LogP contribution is -2.15. The van der Waals surface area contributed by atoms with Crippen LogP contribution in [0.2, 0.25) is 0 Å². The second-order valence-electron chi connectivity index (χ2n) is 7.27. The summed E-state index contributed by atoms with van der Waals surface area (Å²) in [5.41, 5.74) is 5.39. The minimum Gasteiger partial charge on any atom is -0.497 e. The molecule has 8 nitrogen and oxygen atoms in total. The van der Waals surface area contributed by atoms with Crippen LogP contribution >= 0.6 is 11.3 Å². The Morgan fingerprint density at radius 3 is 2.74 bits per heavy atom. The Kier molecular flexibility index (Phi) is 4.67. The first-order valence-corrected chi connectivity index (χ1v) is 10.5. The molecular formula is C22H19N5O3S. The van der Waals surface area contributed by atoms with Crippen molar-refractivity contribution in [3.05, 3.63) is 58.6 Å². The third kappa shape index (κ3) is 3.53. The van der Waals surface area contributed by atoms with Gasteiger partial charge in [-0.15, -0.1) is 16.4 Å². The molecule has 0 fully saturated rings. The Morgan fingerprint density at radius 2 is 1.97 bits per heavy atom. The highest BCUT2D eigenvalue weighted by Crippen LogP contribution is 2.28. The highest BCUT2D eigenvalue weighted by atomic mass is 32.1. The molecule has 0 radical (unpaired) electrons. The fourth-order valence-electron chi connectivity index (χ4n) is 3.39. The molecule has 31 heavy (non-hydrogen) atoms. The standard InChI is InChI=1S/C22H19N5O3S/c1-12-8-16-17(26-30-19(16)9-13(12)2)10-20(28)23-21-24-22-27(25-21)18(11-31-22)14-4-6-15(29-3)7-5-14/h4-9,11H,10H2,1-3H3,(H,23,25,28). The Morgan fingerprint density at radius 1 is 1.19 bits per heavy atom. The number of anilines is 1. The number of aromatic nitrogens is 4. The van der Waals surface area contributed by atoms with Crippen molar-refractivity contribution in [2.24, 2.45) is 0 Å². The van der Waals surface area contributed by atoms with Gasteiger partial charge in [0.15, 0.2) is 5.58 Å². The van der Waals surface area contributed by atoms with Crippen molar-refractivity contribution in [3.63, 3.8) is 0 Å². The first-order chi connectivity index (χ1) is 15.0. The molecule has 2 aromatic carbocycles. The van der Waals surface area contributed by atoms with Crippen molar-refractivity contribution in [2.75, 3.05) is 12.4 Å². The fraction of sp³-hybridized carbons (Fsp3) is 0.182. The quantitative estimate of drug-likeness (QED) is 0.441. The topological polar surface area (TPSA) is 94.5 Å². The predicted octanol–water partition coefficient (Wildman–Crippen LogP) is 4.41. The molecule has 0 atom stereocenters. The molecule has 3 heterocycles. The number of hydrogen-bond acceptors (Lipinski definition) is 7. The van der Waals surface area contributed by atoms with Crippen LogP contribution in [0.25, 0.3) is 27.2 Å². The minimum absolute atomic E-state index is 0.0771. The van der Waals surface area contributed by atoms with Gasteiger partial charge in [0.2, 0.25) is 16.8 Å². The third-order valence-corrected chi connectivity index (χ3v) is 6.02. The minimum atomic E-state index is -0.252. The molecule has 5 rings (SSSR count). The maximum atomic E-state index is 12.6. The molecule has 0 aliphatic carbocycles. The van der Waals surface area contributed by atoms with Crippen molar-refractivity contribution in [3.8, 4) is 17.0 Å². The van der Waals surface area contributed by atoms with Crippen LogP contribution in [0.3, 0.4) is 0 Å². The van der Waals surface area contributed by atoms with Crippen molar-refractivity contribution >= 4 is 39.1 Å². The molecule has 9 heteroatoms. The molecular weight excluding hydrogens is 414 g/mol. The van der Waals surface area contributed by atoms with E-state index in [1.165, 1.54) is 11.3 Å². The number of benzene rings is 2. The zero-order chi connectivity index (χ0) is 21.5. The van der Waals surface area contributed by atoms with E-state index in [4.69, 9.17) is 9.26 Å². The second-order valence-corrected chi connectivity index (χ2v) is 8.10. The first-order valence-electron chi connectivity index (χ1n) is 9.66. The molecule has 0 saturated carbocycles. The van der Waals surface area contributed by atoms with Crippen molar-refractivity contribution in [1.82, 2.24) is 19.8 Å². The molecule has 1 amide bonds. The summed E-state index contributed by atoms with van der Waals surface area (Å²) in [6.45, 7) is 4.04. The predicted molar refractivity (Wildman–Crippen MR) is 119 cm³/mol. The molecule has 0 saturated heterocycles. The number of fused-ring (bicyclic) bond motifs is 2. The summed E-state index contributed by atoms with van der Waals surface area (Å²) in [4.78, 5) is 17.7. The van der Waals surface area contributed by atoms with E-state index in [9.17, 15) is 4.79 Å². The van der Waals surface area contributed by atoms with Crippen molar-refractivity contribution < 1.29 is 14.1 Å². The third-order valence-electron chi connectivity index (χ3n) is 5.21. The number of carbonyl (C=O) groups excluding carboxylic acids is 1. The zero-order valence-electron chi connectivity index (χ0n) is 17.2. The summed E-state index contributed by atoms with van der Waals surface area (Å²) in [5.74, 6) is 0.789. The van der Waals surface area contributed by atoms with Crippen molar-refractivity contribution in [2.45, 2.75) is 20.3 Å². The lowest BCUT2D eigenvalue weighted by Gasteiger charge is -2.02. The van der Waals surface area contributed by atoms with E-state index in [-0.39, 0.29) is 18.3 Å². The van der Waals surface area contributed by atoms with Gasteiger partial charge in [-0.3, -0.25) is 10.1 Å². The summed E-state index contributed by atoms with van der Waals surface area (Å²) < 4.78 is 12.3. The molecule has 3 aromatic heterocycles. The number of rotatable bonds is 5. The van der Waals surface area contributed by atoms with E-state index in [0.29, 0.717) is 16.2 Å². The van der Waals surface area contributed by atoms with Crippen LogP contribution in [0.1, 0.15) is 16.8 Å². The number of amides is 1. The number of ether oxygens (including phenoxy) is 1. The van der Waals surface area contributed by atoms with Gasteiger partial charge in [-0.05, 0) is 61.4 Å². The summed E-state index contributed by atoms with van der Waals surface area (Å²) >= 11 is 1.46. The summed E-state index contributed by atoms with van der Waals surface area (Å²) in [5, 5.41) is 14.1. The SMILES string of the molecule is COc1ccc(-c2csc3nc(NC(=O)Cc4noc5cc(C)c(C)cc45)nn23)cc1. The van der Waals surface area contributed by atoms with Crippen LogP contribution in [-0.2, 0) is 11.2 Å². The maximum absolute atomic E-state index is 12.6. The summed E-state index contributed by atoms with van der Waals surface area (Å²) in [6, 6.07) is 11.6. The molecule has 1 N–H and O–H groups in total. The molecule has 0 unspecified atom stereocenters. The van der Waals surface area contributed by atoms with E-state index in [1.807, 2.05) is 55.6 Å². The van der Waals surface area contributed by atoms with Crippen molar-refractivity contribution in [1.29, 1.82) is 0 Å². The lowest BCUT2D eigenvalue weighted by molar-refractivity contribution is -0.115. The van der Waals surface area contributed by atoms with Crippen LogP contribution in [0.5, 0.6) is 5.75 Å². The van der Waals surface area contributed by atoms with Crippen LogP contribution in [0.4, 0.5) is 5.95 Å². The number of thiazole rings is 1. The normalized spacial score (nSPS) is 11.3. The van der Waals surface area contributed by atoms with Crippen LogP contribution in [0, 0.1) is 13.8 Å². The Hall–Kier alpha value is -3.72. The largest absolute Gasteiger partial charge is 0.497 e. The lowest BCUT2D eigenvalue weighted by atomic mass is 10.1. The van der Waals surface area contributed by atoms with Gasteiger partial charge in [-0.25, -0.2) is 4.52 Å². The van der Waals surface area contributed by atoms with E-state index in [2.05, 4.69) is 20.6 Å². The number of aryl methyl sites for hydroxylation is 2. The smallest absolute Gasteiger partial charge is 0.250 e. The fourth-order valence-corrected chi connectivity index (χ4v) is 4.22. The van der Waals surface area contributed by atoms with Gasteiger partial charge in [0.05, 0.1) is 19.2 Å². The monoisotopic (exact) mass is 433 g/mol. The Labute approximate surface area is 181 Å². The van der Waals surface area contributed by atoms with E-state index >= 15 is 0 Å². The maximum Gasteiger partial charge on any atom is 0.250 e. The highest BCUT2D eigenvalue weighted by molar-refractivity contribution is 7.15. The van der Waals surface area contributed by atoms with E-state index in [1.54, 1.807) is 11.6 Å². The van der Waals surface area contributed by atoms with Gasteiger partial charge < -0.3 is 9.26 Å². The molecule has 0 spiro atoms. The van der Waals surface area contributed by atoms with Gasteiger partial charge in [-0.1, -0.05) is 5.16 Å².